The number of esters is 1. The standard InChI is InChI=1S/C23H30FN3O5/c1-14(31-16-8-10-27(11-9-16)22(29)32-23(2,3)4)19-13-25-20(26-19)15-6-7-17(18(24)12-15)21(28)30-5/h6-7,12,14,16H,8-11,13H2,1-5H3. The van der Waals surface area contributed by atoms with Crippen LogP contribution < -0.4 is 0 Å². The van der Waals surface area contributed by atoms with Crippen LogP contribution in [0, 0.1) is 5.82 Å². The Kier molecular flexibility index (Phi) is 7.28. The molecule has 32 heavy (non-hydrogen) atoms. The number of hydrogen-bond donors (Lipinski definition) is 0. The number of piperidine rings is 1. The molecule has 1 saturated heterocycles. The molecule has 0 spiro atoms. The summed E-state index contributed by atoms with van der Waals surface area (Å²) in [6, 6.07) is 4.19. The van der Waals surface area contributed by atoms with Crippen molar-refractivity contribution >= 4 is 23.6 Å². The summed E-state index contributed by atoms with van der Waals surface area (Å²) in [5.41, 5.74) is 0.600. The fourth-order valence-corrected chi connectivity index (χ4v) is 3.54. The zero-order chi connectivity index (χ0) is 23.5. The summed E-state index contributed by atoms with van der Waals surface area (Å²) in [5, 5.41) is 0. The molecule has 2 heterocycles. The van der Waals surface area contributed by atoms with Crippen LogP contribution in [0.15, 0.2) is 28.2 Å². The maximum absolute atomic E-state index is 14.2. The van der Waals surface area contributed by atoms with Crippen molar-refractivity contribution in [2.24, 2.45) is 9.98 Å². The van der Waals surface area contributed by atoms with Crippen LogP contribution in [0.5, 0.6) is 0 Å². The van der Waals surface area contributed by atoms with Gasteiger partial charge >= 0.3 is 12.1 Å². The molecule has 0 aromatic heterocycles. The molecule has 1 fully saturated rings. The highest BCUT2D eigenvalue weighted by Crippen LogP contribution is 2.21. The minimum absolute atomic E-state index is 0.00669. The van der Waals surface area contributed by atoms with Gasteiger partial charge in [0.2, 0.25) is 0 Å². The van der Waals surface area contributed by atoms with Crippen LogP contribution in [0.4, 0.5) is 9.18 Å². The molecule has 9 heteroatoms. The number of aliphatic imine (C=N–C) groups is 2. The zero-order valence-electron chi connectivity index (χ0n) is 19.2. The van der Waals surface area contributed by atoms with E-state index in [4.69, 9.17) is 9.47 Å². The summed E-state index contributed by atoms with van der Waals surface area (Å²) < 4.78 is 30.4. The first-order valence-corrected chi connectivity index (χ1v) is 10.7. The van der Waals surface area contributed by atoms with Gasteiger partial charge in [0.25, 0.3) is 0 Å². The normalized spacial score (nSPS) is 18.1. The van der Waals surface area contributed by atoms with Crippen molar-refractivity contribution in [2.45, 2.75) is 58.3 Å². The molecule has 1 unspecified atom stereocenters. The van der Waals surface area contributed by atoms with E-state index in [1.165, 1.54) is 19.2 Å². The molecular formula is C23H30FN3O5. The van der Waals surface area contributed by atoms with E-state index in [-0.39, 0.29) is 23.9 Å². The van der Waals surface area contributed by atoms with Crippen LogP contribution in [-0.4, -0.2) is 73.1 Å². The summed E-state index contributed by atoms with van der Waals surface area (Å²) in [4.78, 5) is 34.4. The van der Waals surface area contributed by atoms with Crippen molar-refractivity contribution in [2.75, 3.05) is 26.7 Å². The quantitative estimate of drug-likeness (QED) is 0.643. The van der Waals surface area contributed by atoms with Gasteiger partial charge in [0.1, 0.15) is 11.4 Å². The topological polar surface area (TPSA) is 89.8 Å². The summed E-state index contributed by atoms with van der Waals surface area (Å²) >= 11 is 0. The van der Waals surface area contributed by atoms with Gasteiger partial charge in [-0.05, 0) is 52.7 Å². The van der Waals surface area contributed by atoms with Gasteiger partial charge in [-0.15, -0.1) is 0 Å². The van der Waals surface area contributed by atoms with Gasteiger partial charge < -0.3 is 19.1 Å². The number of amidine groups is 1. The Bertz CT molecular complexity index is 930. The first kappa shape index (κ1) is 23.8. The second-order valence-corrected chi connectivity index (χ2v) is 8.87. The summed E-state index contributed by atoms with van der Waals surface area (Å²) in [6.07, 6.45) is 0.878. The molecule has 1 aromatic rings. The third-order valence-electron chi connectivity index (χ3n) is 5.23. The van der Waals surface area contributed by atoms with Gasteiger partial charge in [-0.3, -0.25) is 4.99 Å². The Morgan fingerprint density at radius 2 is 1.91 bits per heavy atom. The molecule has 174 valence electrons. The first-order valence-electron chi connectivity index (χ1n) is 10.7. The first-order chi connectivity index (χ1) is 15.1. The highest BCUT2D eigenvalue weighted by Gasteiger charge is 2.29. The third kappa shape index (κ3) is 5.91. The number of carbonyl (C=O) groups is 2. The largest absolute Gasteiger partial charge is 0.465 e. The van der Waals surface area contributed by atoms with Crippen molar-refractivity contribution in [3.05, 3.63) is 35.1 Å². The maximum Gasteiger partial charge on any atom is 0.410 e. The molecule has 2 aliphatic rings. The fourth-order valence-electron chi connectivity index (χ4n) is 3.54. The number of benzene rings is 1. The van der Waals surface area contributed by atoms with E-state index in [2.05, 4.69) is 14.7 Å². The van der Waals surface area contributed by atoms with E-state index in [0.717, 1.165) is 5.71 Å². The average Bonchev–Trinajstić information content (AvgIpc) is 3.23. The van der Waals surface area contributed by atoms with E-state index >= 15 is 0 Å². The number of likely N-dealkylation sites (tertiary alicyclic amines) is 1. The lowest BCUT2D eigenvalue weighted by atomic mass is 10.1. The molecule has 2 aliphatic heterocycles. The molecule has 0 bridgehead atoms. The summed E-state index contributed by atoms with van der Waals surface area (Å²) in [7, 11) is 1.20. The number of nitrogens with zero attached hydrogens (tertiary/aromatic N) is 3. The third-order valence-corrected chi connectivity index (χ3v) is 5.23. The van der Waals surface area contributed by atoms with E-state index in [9.17, 15) is 14.0 Å². The number of carbonyl (C=O) groups excluding carboxylic acids is 2. The van der Waals surface area contributed by atoms with E-state index in [0.29, 0.717) is 43.9 Å². The average molecular weight is 448 g/mol. The van der Waals surface area contributed by atoms with Gasteiger partial charge in [0.15, 0.2) is 5.84 Å². The van der Waals surface area contributed by atoms with Crippen LogP contribution in [-0.2, 0) is 14.2 Å². The lowest BCUT2D eigenvalue weighted by Gasteiger charge is -2.34. The Morgan fingerprint density at radius 1 is 1.22 bits per heavy atom. The molecule has 0 saturated carbocycles. The van der Waals surface area contributed by atoms with Crippen molar-refractivity contribution in [3.63, 3.8) is 0 Å². The van der Waals surface area contributed by atoms with Crippen molar-refractivity contribution in [1.82, 2.24) is 4.90 Å². The number of methoxy groups -OCH3 is 1. The van der Waals surface area contributed by atoms with Crippen molar-refractivity contribution in [1.29, 1.82) is 0 Å². The Morgan fingerprint density at radius 3 is 2.50 bits per heavy atom. The van der Waals surface area contributed by atoms with E-state index in [1.807, 2.05) is 27.7 Å². The van der Waals surface area contributed by atoms with Gasteiger partial charge in [-0.1, -0.05) is 6.07 Å². The Hall–Kier alpha value is -2.81. The van der Waals surface area contributed by atoms with Crippen molar-refractivity contribution in [3.8, 4) is 0 Å². The van der Waals surface area contributed by atoms with Gasteiger partial charge in [-0.2, -0.15) is 0 Å². The minimum atomic E-state index is -0.730. The van der Waals surface area contributed by atoms with E-state index < -0.39 is 17.4 Å². The molecule has 3 rings (SSSR count). The number of halogens is 1. The predicted molar refractivity (Wildman–Crippen MR) is 118 cm³/mol. The van der Waals surface area contributed by atoms with Crippen LogP contribution in [0.3, 0.4) is 0 Å². The molecule has 1 atom stereocenters. The number of ether oxygens (including phenoxy) is 3. The zero-order valence-corrected chi connectivity index (χ0v) is 19.2. The smallest absolute Gasteiger partial charge is 0.410 e. The number of amides is 1. The summed E-state index contributed by atoms with van der Waals surface area (Å²) in [5.74, 6) is -1.00. The highest BCUT2D eigenvalue weighted by molar-refractivity contribution is 6.13. The second kappa shape index (κ2) is 9.77. The molecule has 8 nitrogen and oxygen atoms in total. The summed E-state index contributed by atoms with van der Waals surface area (Å²) in [6.45, 7) is 8.99. The highest BCUT2D eigenvalue weighted by atomic mass is 19.1. The second-order valence-electron chi connectivity index (χ2n) is 8.87. The van der Waals surface area contributed by atoms with Crippen LogP contribution >= 0.6 is 0 Å². The number of hydrogen-bond acceptors (Lipinski definition) is 7. The molecule has 0 aliphatic carbocycles. The predicted octanol–water partition coefficient (Wildman–Crippen LogP) is 3.62. The molecule has 1 aromatic carbocycles. The fraction of sp³-hybridized carbons (Fsp3) is 0.565. The molecule has 0 radical (unpaired) electrons. The van der Waals surface area contributed by atoms with Crippen molar-refractivity contribution < 1.29 is 28.2 Å². The Labute approximate surface area is 187 Å². The lowest BCUT2D eigenvalue weighted by molar-refractivity contribution is -0.0205. The van der Waals surface area contributed by atoms with Crippen LogP contribution in [0.1, 0.15) is 56.5 Å². The Balaban J connectivity index is 1.54. The molecule has 1 amide bonds. The van der Waals surface area contributed by atoms with Gasteiger partial charge in [0, 0.05) is 18.7 Å². The van der Waals surface area contributed by atoms with Crippen LogP contribution in [0.25, 0.3) is 0 Å². The maximum atomic E-state index is 14.2. The van der Waals surface area contributed by atoms with E-state index in [1.54, 1.807) is 11.0 Å². The molecule has 0 N–H and O–H groups in total. The monoisotopic (exact) mass is 447 g/mol. The number of rotatable bonds is 5. The SMILES string of the molecule is COC(=O)c1ccc(C2=NCC(C(C)OC3CCN(C(=O)OC(C)(C)C)CC3)=N2)cc1F. The minimum Gasteiger partial charge on any atom is -0.465 e. The van der Waals surface area contributed by atoms with Gasteiger partial charge in [0.05, 0.1) is 37.1 Å². The van der Waals surface area contributed by atoms with Crippen LogP contribution in [0.2, 0.25) is 0 Å². The molecular weight excluding hydrogens is 417 g/mol. The van der Waals surface area contributed by atoms with Gasteiger partial charge in [-0.25, -0.2) is 19.0 Å². The lowest BCUT2D eigenvalue weighted by Crippen LogP contribution is -2.44.